The number of hydrogen-bond acceptors (Lipinski definition) is 2. The van der Waals surface area contributed by atoms with Crippen molar-refractivity contribution < 1.29 is 0 Å². The molecule has 1 heterocycles. The third-order valence-corrected chi connectivity index (χ3v) is 1.45. The Balaban J connectivity index is 0.000001000. The normalized spacial score (nSPS) is 11.9. The molecule has 0 fully saturated rings. The summed E-state index contributed by atoms with van der Waals surface area (Å²) in [5.41, 5.74) is 7.82. The molecule has 0 spiro atoms. The fourth-order valence-corrected chi connectivity index (χ4v) is 0.851. The lowest BCUT2D eigenvalue weighted by Crippen LogP contribution is -2.04. The molecule has 1 atom stereocenters. The molecule has 62 valence electrons. The Hall–Kier alpha value is -0.600. The topological polar surface area (TPSA) is 38.9 Å². The van der Waals surface area contributed by atoms with Crippen LogP contribution in [0.3, 0.4) is 0 Å². The van der Waals surface area contributed by atoms with Crippen LogP contribution >= 0.6 is 12.4 Å². The summed E-state index contributed by atoms with van der Waals surface area (Å²) in [7, 11) is 0. The van der Waals surface area contributed by atoms with Crippen LogP contribution in [0.1, 0.15) is 24.2 Å². The average Bonchev–Trinajstić information content (AvgIpc) is 1.88. The van der Waals surface area contributed by atoms with E-state index in [0.29, 0.717) is 0 Å². The fourth-order valence-electron chi connectivity index (χ4n) is 0.851. The zero-order chi connectivity index (χ0) is 7.56. The van der Waals surface area contributed by atoms with Gasteiger partial charge in [-0.1, -0.05) is 0 Å². The molecule has 0 radical (unpaired) electrons. The molecule has 0 aromatic carbocycles. The second-order valence-corrected chi connectivity index (χ2v) is 2.52. The van der Waals surface area contributed by atoms with Crippen LogP contribution < -0.4 is 5.73 Å². The third kappa shape index (κ3) is 2.87. The lowest BCUT2D eigenvalue weighted by Gasteiger charge is -2.04. The van der Waals surface area contributed by atoms with Crippen molar-refractivity contribution in [2.45, 2.75) is 19.9 Å². The van der Waals surface area contributed by atoms with E-state index in [1.54, 1.807) is 6.20 Å². The van der Waals surface area contributed by atoms with Crippen molar-refractivity contribution in [1.82, 2.24) is 4.98 Å². The number of hydrogen-bond donors (Lipinski definition) is 1. The summed E-state index contributed by atoms with van der Waals surface area (Å²) in [6.07, 6.45) is 1.79. The van der Waals surface area contributed by atoms with Gasteiger partial charge in [-0.25, -0.2) is 0 Å². The van der Waals surface area contributed by atoms with Gasteiger partial charge in [0.1, 0.15) is 0 Å². The lowest BCUT2D eigenvalue weighted by atomic mass is 10.1. The van der Waals surface area contributed by atoms with Crippen LogP contribution in [-0.2, 0) is 0 Å². The van der Waals surface area contributed by atoms with E-state index >= 15 is 0 Å². The molecular weight excluding hydrogens is 160 g/mol. The third-order valence-electron chi connectivity index (χ3n) is 1.45. The zero-order valence-electron chi connectivity index (χ0n) is 6.74. The van der Waals surface area contributed by atoms with E-state index in [0.717, 1.165) is 11.3 Å². The summed E-state index contributed by atoms with van der Waals surface area (Å²) in [6, 6.07) is 4.06. The average molecular weight is 173 g/mol. The number of nitrogens with zero attached hydrogens (tertiary/aromatic N) is 1. The molecule has 11 heavy (non-hydrogen) atoms. The van der Waals surface area contributed by atoms with Crippen LogP contribution in [0.15, 0.2) is 18.3 Å². The van der Waals surface area contributed by atoms with Crippen LogP contribution in [0.5, 0.6) is 0 Å². The Morgan fingerprint density at radius 1 is 1.55 bits per heavy atom. The van der Waals surface area contributed by atoms with Gasteiger partial charge >= 0.3 is 0 Å². The largest absolute Gasteiger partial charge is 0.324 e. The fraction of sp³-hybridized carbons (Fsp3) is 0.375. The Kier molecular flexibility index (Phi) is 4.08. The molecule has 1 aromatic rings. The van der Waals surface area contributed by atoms with Crippen molar-refractivity contribution in [3.63, 3.8) is 0 Å². The number of rotatable bonds is 1. The zero-order valence-corrected chi connectivity index (χ0v) is 7.56. The minimum atomic E-state index is 0. The number of pyridine rings is 1. The Morgan fingerprint density at radius 2 is 2.18 bits per heavy atom. The Morgan fingerprint density at radius 3 is 2.55 bits per heavy atom. The summed E-state index contributed by atoms with van der Waals surface area (Å²) < 4.78 is 0. The van der Waals surface area contributed by atoms with E-state index < -0.39 is 0 Å². The van der Waals surface area contributed by atoms with E-state index in [-0.39, 0.29) is 18.4 Å². The minimum Gasteiger partial charge on any atom is -0.324 e. The van der Waals surface area contributed by atoms with Crippen molar-refractivity contribution in [3.05, 3.63) is 29.6 Å². The van der Waals surface area contributed by atoms with Gasteiger partial charge in [0.2, 0.25) is 0 Å². The molecule has 0 saturated heterocycles. The van der Waals surface area contributed by atoms with E-state index in [4.69, 9.17) is 5.73 Å². The summed E-state index contributed by atoms with van der Waals surface area (Å²) in [5, 5.41) is 0. The van der Waals surface area contributed by atoms with Crippen LogP contribution in [0, 0.1) is 6.92 Å². The monoisotopic (exact) mass is 172 g/mol. The first-order chi connectivity index (χ1) is 4.70. The van der Waals surface area contributed by atoms with Crippen molar-refractivity contribution in [2.75, 3.05) is 0 Å². The van der Waals surface area contributed by atoms with E-state index in [9.17, 15) is 0 Å². The molecule has 1 aromatic heterocycles. The number of aromatic nitrogens is 1. The maximum Gasteiger partial charge on any atom is 0.0375 e. The maximum absolute atomic E-state index is 5.65. The minimum absolute atomic E-state index is 0. The predicted octanol–water partition coefficient (Wildman–Crippen LogP) is 1.83. The molecule has 0 bridgehead atoms. The van der Waals surface area contributed by atoms with Crippen LogP contribution in [-0.4, -0.2) is 4.98 Å². The molecular formula is C8H13ClN2. The second-order valence-electron chi connectivity index (χ2n) is 2.52. The first-order valence-corrected chi connectivity index (χ1v) is 3.38. The maximum atomic E-state index is 5.65. The lowest BCUT2D eigenvalue weighted by molar-refractivity contribution is 0.813. The predicted molar refractivity (Wildman–Crippen MR) is 48.8 cm³/mol. The van der Waals surface area contributed by atoms with Crippen molar-refractivity contribution in [2.24, 2.45) is 5.73 Å². The molecule has 2 nitrogen and oxygen atoms in total. The van der Waals surface area contributed by atoms with Crippen molar-refractivity contribution in [3.8, 4) is 0 Å². The van der Waals surface area contributed by atoms with Crippen molar-refractivity contribution >= 4 is 12.4 Å². The molecule has 0 aliphatic rings. The Labute approximate surface area is 73.2 Å². The van der Waals surface area contributed by atoms with Crippen LogP contribution in [0.2, 0.25) is 0 Å². The molecule has 2 N–H and O–H groups in total. The highest BCUT2D eigenvalue weighted by Crippen LogP contribution is 2.08. The van der Waals surface area contributed by atoms with Gasteiger partial charge in [-0.3, -0.25) is 4.98 Å². The molecule has 0 saturated carbocycles. The van der Waals surface area contributed by atoms with Gasteiger partial charge in [-0.2, -0.15) is 0 Å². The van der Waals surface area contributed by atoms with E-state index in [1.165, 1.54) is 0 Å². The second kappa shape index (κ2) is 4.31. The van der Waals surface area contributed by atoms with Gasteiger partial charge in [0.05, 0.1) is 0 Å². The summed E-state index contributed by atoms with van der Waals surface area (Å²) in [5.74, 6) is 0. The highest BCUT2D eigenvalue weighted by Gasteiger charge is 1.97. The quantitative estimate of drug-likeness (QED) is 0.702. The van der Waals surface area contributed by atoms with Crippen molar-refractivity contribution in [1.29, 1.82) is 0 Å². The summed E-state index contributed by atoms with van der Waals surface area (Å²) in [4.78, 5) is 4.07. The van der Waals surface area contributed by atoms with Gasteiger partial charge in [-0.05, 0) is 31.5 Å². The molecule has 0 amide bonds. The highest BCUT2D eigenvalue weighted by atomic mass is 35.5. The summed E-state index contributed by atoms with van der Waals surface area (Å²) in [6.45, 7) is 3.93. The van der Waals surface area contributed by atoms with E-state index in [2.05, 4.69) is 4.98 Å². The SMILES string of the molecule is Cc1cc([C@@H](C)N)ccn1.Cl. The van der Waals surface area contributed by atoms with Gasteiger partial charge in [0, 0.05) is 17.9 Å². The standard InChI is InChI=1S/C8H12N2.ClH/c1-6-5-8(7(2)9)3-4-10-6;/h3-5,7H,9H2,1-2H3;1H/t7-;/m1./s1. The molecule has 0 aliphatic carbocycles. The van der Waals surface area contributed by atoms with Gasteiger partial charge < -0.3 is 5.73 Å². The number of halogens is 1. The molecule has 3 heteroatoms. The molecule has 1 rings (SSSR count). The highest BCUT2D eigenvalue weighted by molar-refractivity contribution is 5.85. The summed E-state index contributed by atoms with van der Waals surface area (Å²) >= 11 is 0. The van der Waals surface area contributed by atoms with Gasteiger partial charge in [0.25, 0.3) is 0 Å². The Bertz CT molecular complexity index is 223. The van der Waals surface area contributed by atoms with Crippen LogP contribution in [0.25, 0.3) is 0 Å². The number of nitrogens with two attached hydrogens (primary N) is 1. The smallest absolute Gasteiger partial charge is 0.0375 e. The van der Waals surface area contributed by atoms with E-state index in [1.807, 2.05) is 26.0 Å². The number of aryl methyl sites for hydroxylation is 1. The molecule has 0 unspecified atom stereocenters. The first-order valence-electron chi connectivity index (χ1n) is 3.38. The molecule has 0 aliphatic heterocycles. The van der Waals surface area contributed by atoms with Gasteiger partial charge in [0.15, 0.2) is 0 Å². The van der Waals surface area contributed by atoms with Gasteiger partial charge in [-0.15, -0.1) is 12.4 Å². The first kappa shape index (κ1) is 10.4. The van der Waals surface area contributed by atoms with Crippen LogP contribution in [0.4, 0.5) is 0 Å².